The predicted molar refractivity (Wildman–Crippen MR) is 70.6 cm³/mol. The summed E-state index contributed by atoms with van der Waals surface area (Å²) in [6.45, 7) is 12.8. The highest BCUT2D eigenvalue weighted by Gasteiger charge is 2.09. The first-order chi connectivity index (χ1) is 7.85. The summed E-state index contributed by atoms with van der Waals surface area (Å²) in [5, 5.41) is 2.34. The lowest BCUT2D eigenvalue weighted by atomic mass is 10.2. The van der Waals surface area contributed by atoms with E-state index in [1.807, 2.05) is 20.8 Å². The molecule has 4 nitrogen and oxygen atoms in total. The van der Waals surface area contributed by atoms with Crippen LogP contribution < -0.4 is 5.43 Å². The molecule has 102 valence electrons. The van der Waals surface area contributed by atoms with Gasteiger partial charge in [0.2, 0.25) is 0 Å². The largest absolute Gasteiger partial charge is 0.462 e. The molecule has 0 unspecified atom stereocenters. The Morgan fingerprint density at radius 1 is 1.18 bits per heavy atom. The Bertz CT molecular complexity index is 194. The number of hydrogen-bond acceptors (Lipinski definition) is 4. The highest BCUT2D eigenvalue weighted by Crippen LogP contribution is 2.06. The summed E-state index contributed by atoms with van der Waals surface area (Å²) >= 11 is 0. The van der Waals surface area contributed by atoms with Crippen LogP contribution in [0.5, 0.6) is 0 Å². The zero-order valence-electron chi connectivity index (χ0n) is 12.0. The maximum absolute atomic E-state index is 9.60. The number of ether oxygens (including phenoxy) is 1. The maximum Gasteiger partial charge on any atom is 0.293 e. The number of nitrogens with one attached hydrogen (secondary N) is 1. The number of carbonyl (C=O) groups is 1. The molecule has 4 heteroatoms. The van der Waals surface area contributed by atoms with Crippen molar-refractivity contribution in [2.24, 2.45) is 0 Å². The lowest BCUT2D eigenvalue weighted by Gasteiger charge is -2.28. The van der Waals surface area contributed by atoms with Crippen LogP contribution in [0.3, 0.4) is 0 Å². The molecule has 0 atom stereocenters. The van der Waals surface area contributed by atoms with E-state index in [-0.39, 0.29) is 5.60 Å². The van der Waals surface area contributed by atoms with Crippen LogP contribution in [0.25, 0.3) is 0 Å². The van der Waals surface area contributed by atoms with E-state index in [0.29, 0.717) is 12.5 Å². The molecule has 1 saturated heterocycles. The quantitative estimate of drug-likeness (QED) is 0.774. The first-order valence-corrected chi connectivity index (χ1v) is 6.47. The average molecular weight is 244 g/mol. The van der Waals surface area contributed by atoms with Gasteiger partial charge in [-0.1, -0.05) is 6.42 Å². The van der Waals surface area contributed by atoms with Crippen LogP contribution in [-0.4, -0.2) is 36.2 Å². The topological polar surface area (TPSA) is 41.6 Å². The minimum Gasteiger partial charge on any atom is -0.462 e. The Morgan fingerprint density at radius 3 is 2.00 bits per heavy atom. The zero-order chi connectivity index (χ0) is 13.3. The summed E-state index contributed by atoms with van der Waals surface area (Å²) < 4.78 is 4.55. The zero-order valence-corrected chi connectivity index (χ0v) is 12.0. The Morgan fingerprint density at radius 2 is 1.71 bits per heavy atom. The van der Waals surface area contributed by atoms with Crippen molar-refractivity contribution in [3.05, 3.63) is 0 Å². The second kappa shape index (κ2) is 8.48. The first kappa shape index (κ1) is 16.4. The smallest absolute Gasteiger partial charge is 0.293 e. The summed E-state index contributed by atoms with van der Waals surface area (Å²) in [5.41, 5.74) is 3.10. The van der Waals surface area contributed by atoms with Crippen LogP contribution in [0.2, 0.25) is 0 Å². The third-order valence-electron chi connectivity index (χ3n) is 2.20. The second-order valence-electron chi connectivity index (χ2n) is 5.66. The monoisotopic (exact) mass is 244 g/mol. The van der Waals surface area contributed by atoms with Crippen LogP contribution in [-0.2, 0) is 9.53 Å². The van der Waals surface area contributed by atoms with Crippen LogP contribution in [0, 0.1) is 0 Å². The van der Waals surface area contributed by atoms with E-state index in [1.54, 1.807) is 0 Å². The van der Waals surface area contributed by atoms with Gasteiger partial charge in [0.25, 0.3) is 6.47 Å². The van der Waals surface area contributed by atoms with Gasteiger partial charge in [-0.2, -0.15) is 0 Å². The molecule has 1 aliphatic rings. The fourth-order valence-electron chi connectivity index (χ4n) is 1.53. The van der Waals surface area contributed by atoms with Crippen LogP contribution in [0.4, 0.5) is 0 Å². The molecule has 1 N–H and O–H groups in total. The minimum atomic E-state index is -0.318. The van der Waals surface area contributed by atoms with Gasteiger partial charge in [0, 0.05) is 19.1 Å². The van der Waals surface area contributed by atoms with Crippen molar-refractivity contribution >= 4 is 6.47 Å². The van der Waals surface area contributed by atoms with E-state index >= 15 is 0 Å². The van der Waals surface area contributed by atoms with E-state index in [0.717, 1.165) is 0 Å². The third kappa shape index (κ3) is 11.6. The van der Waals surface area contributed by atoms with Crippen LogP contribution in [0.1, 0.15) is 53.9 Å². The van der Waals surface area contributed by atoms with E-state index in [9.17, 15) is 4.79 Å². The van der Waals surface area contributed by atoms with Gasteiger partial charge in [0.05, 0.1) is 0 Å². The molecule has 0 aromatic rings. The van der Waals surface area contributed by atoms with Gasteiger partial charge in [-0.05, 0) is 47.5 Å². The van der Waals surface area contributed by atoms with Gasteiger partial charge < -0.3 is 4.74 Å². The number of hydrogen-bond donors (Lipinski definition) is 1. The molecular formula is C13H28N2O2. The minimum absolute atomic E-state index is 0.318. The lowest BCUT2D eigenvalue weighted by molar-refractivity contribution is -0.138. The molecule has 0 amide bonds. The number of piperidine rings is 1. The summed E-state index contributed by atoms with van der Waals surface area (Å²) in [6.07, 6.45) is 4.13. The molecule has 0 saturated carbocycles. The third-order valence-corrected chi connectivity index (χ3v) is 2.20. The van der Waals surface area contributed by atoms with Crippen LogP contribution in [0.15, 0.2) is 0 Å². The summed E-state index contributed by atoms with van der Waals surface area (Å²) in [6, 6.07) is 0.595. The van der Waals surface area contributed by atoms with E-state index in [2.05, 4.69) is 29.0 Å². The fourth-order valence-corrected chi connectivity index (χ4v) is 1.53. The Labute approximate surface area is 106 Å². The van der Waals surface area contributed by atoms with Crippen molar-refractivity contribution < 1.29 is 9.53 Å². The average Bonchev–Trinajstić information content (AvgIpc) is 2.17. The molecule has 0 aromatic heterocycles. The first-order valence-electron chi connectivity index (χ1n) is 6.47. The number of nitrogens with zero attached hydrogens (tertiary/aromatic N) is 1. The molecule has 1 fully saturated rings. The van der Waals surface area contributed by atoms with Crippen molar-refractivity contribution in [2.75, 3.05) is 13.1 Å². The van der Waals surface area contributed by atoms with Gasteiger partial charge in [-0.15, -0.1) is 0 Å². The molecule has 1 aliphatic heterocycles. The van der Waals surface area contributed by atoms with Crippen molar-refractivity contribution in [2.45, 2.75) is 65.5 Å². The molecule has 0 bridgehead atoms. The molecule has 0 radical (unpaired) electrons. The fraction of sp³-hybridized carbons (Fsp3) is 0.923. The standard InChI is InChI=1S/C8H18N2.C5H10O2/c1-8(2)9-10-6-4-3-5-7-10;1-5(2,3)7-4-6/h8-9H,3-7H2,1-2H3;4H,1-3H3. The van der Waals surface area contributed by atoms with Gasteiger partial charge in [0.1, 0.15) is 5.60 Å². The maximum atomic E-state index is 9.60. The van der Waals surface area contributed by atoms with Gasteiger partial charge in [-0.25, -0.2) is 5.01 Å². The predicted octanol–water partition coefficient (Wildman–Crippen LogP) is 2.34. The normalized spacial score (nSPS) is 17.3. The second-order valence-corrected chi connectivity index (χ2v) is 5.66. The van der Waals surface area contributed by atoms with Crippen molar-refractivity contribution in [3.63, 3.8) is 0 Å². The van der Waals surface area contributed by atoms with Gasteiger partial charge in [0.15, 0.2) is 0 Å². The van der Waals surface area contributed by atoms with Crippen LogP contribution >= 0.6 is 0 Å². The molecule has 1 heterocycles. The van der Waals surface area contributed by atoms with Crippen molar-refractivity contribution in [1.29, 1.82) is 0 Å². The molecule has 1 rings (SSSR count). The number of hydrazine groups is 1. The number of rotatable bonds is 3. The molecule has 0 spiro atoms. The lowest BCUT2D eigenvalue weighted by Crippen LogP contribution is -2.45. The molecule has 0 aromatic carbocycles. The molecule has 17 heavy (non-hydrogen) atoms. The Balaban J connectivity index is 0.000000325. The Kier molecular flexibility index (Phi) is 8.17. The Hall–Kier alpha value is -0.610. The van der Waals surface area contributed by atoms with Crippen molar-refractivity contribution in [1.82, 2.24) is 10.4 Å². The molecular weight excluding hydrogens is 216 g/mol. The summed E-state index contributed by atoms with van der Waals surface area (Å²) in [5.74, 6) is 0. The van der Waals surface area contributed by atoms with E-state index in [1.165, 1.54) is 32.4 Å². The highest BCUT2D eigenvalue weighted by molar-refractivity contribution is 5.37. The van der Waals surface area contributed by atoms with E-state index < -0.39 is 0 Å². The van der Waals surface area contributed by atoms with Gasteiger partial charge >= 0.3 is 0 Å². The summed E-state index contributed by atoms with van der Waals surface area (Å²) in [4.78, 5) is 9.60. The van der Waals surface area contributed by atoms with E-state index in [4.69, 9.17) is 0 Å². The highest BCUT2D eigenvalue weighted by atomic mass is 16.5. The van der Waals surface area contributed by atoms with Crippen molar-refractivity contribution in [3.8, 4) is 0 Å². The van der Waals surface area contributed by atoms with Gasteiger partial charge in [-0.3, -0.25) is 10.2 Å². The molecule has 0 aliphatic carbocycles. The number of carbonyl (C=O) groups excluding carboxylic acids is 1. The summed E-state index contributed by atoms with van der Waals surface area (Å²) in [7, 11) is 0. The SMILES string of the molecule is CC(C)(C)OC=O.CC(C)NN1CCCCC1.